The van der Waals surface area contributed by atoms with Crippen molar-refractivity contribution in [1.29, 1.82) is 0 Å². The highest BCUT2D eigenvalue weighted by atomic mass is 32.1. The van der Waals surface area contributed by atoms with E-state index in [1.165, 1.54) is 11.1 Å². The maximum absolute atomic E-state index is 5.81. The van der Waals surface area contributed by atoms with Crippen LogP contribution in [-0.4, -0.2) is 34.5 Å². The Morgan fingerprint density at radius 2 is 1.74 bits per heavy atom. The molecule has 0 amide bonds. The molecule has 31 heavy (non-hydrogen) atoms. The molecule has 2 unspecified atom stereocenters. The van der Waals surface area contributed by atoms with Gasteiger partial charge in [0.2, 0.25) is 0 Å². The molecule has 5 rings (SSSR count). The van der Waals surface area contributed by atoms with Crippen LogP contribution in [0.2, 0.25) is 0 Å². The molecular weight excluding hydrogens is 406 g/mol. The third-order valence-corrected chi connectivity index (χ3v) is 6.14. The number of nitrogens with one attached hydrogen (secondary N) is 1. The van der Waals surface area contributed by atoms with Gasteiger partial charge in [0.15, 0.2) is 5.11 Å². The molecule has 3 aromatic heterocycles. The van der Waals surface area contributed by atoms with E-state index in [2.05, 4.69) is 80.3 Å². The number of nitrogens with zero attached hydrogens (tertiary/aromatic N) is 6. The molecule has 7 nitrogen and oxygen atoms in total. The minimum absolute atomic E-state index is 0.000892. The standard InChI is InChI=1S/C23H23N7S/c1-16-12-19(17(2)30(16)28-14-25-26-15-28)22-21(20-10-6-7-11-24-20)27-23(31)29(22)13-18-8-4-3-5-9-18/h3-12,14-15,21-22H,13H2,1-2H3,(H,27,31). The lowest BCUT2D eigenvalue weighted by atomic mass is 9.96. The van der Waals surface area contributed by atoms with Gasteiger partial charge in [-0.1, -0.05) is 36.4 Å². The van der Waals surface area contributed by atoms with Crippen LogP contribution in [0.1, 0.15) is 40.3 Å². The van der Waals surface area contributed by atoms with Crippen molar-refractivity contribution in [3.63, 3.8) is 0 Å². The number of thiocarbonyl (C=S) groups is 1. The van der Waals surface area contributed by atoms with E-state index >= 15 is 0 Å². The number of hydrogen-bond acceptors (Lipinski definition) is 4. The van der Waals surface area contributed by atoms with Gasteiger partial charge < -0.3 is 10.2 Å². The number of aryl methyl sites for hydroxylation is 1. The Kier molecular flexibility index (Phi) is 4.99. The lowest BCUT2D eigenvalue weighted by molar-refractivity contribution is 0.309. The largest absolute Gasteiger partial charge is 0.352 e. The third-order valence-electron chi connectivity index (χ3n) is 5.78. The molecule has 4 aromatic rings. The molecular formula is C23H23N7S. The zero-order valence-electron chi connectivity index (χ0n) is 17.4. The van der Waals surface area contributed by atoms with Crippen LogP contribution >= 0.6 is 12.2 Å². The molecule has 0 bridgehead atoms. The number of pyridine rings is 1. The van der Waals surface area contributed by atoms with Gasteiger partial charge >= 0.3 is 0 Å². The molecule has 1 N–H and O–H groups in total. The molecule has 0 spiro atoms. The summed E-state index contributed by atoms with van der Waals surface area (Å²) in [4.78, 5) is 6.91. The Morgan fingerprint density at radius 3 is 2.45 bits per heavy atom. The van der Waals surface area contributed by atoms with Crippen molar-refractivity contribution in [2.75, 3.05) is 0 Å². The van der Waals surface area contributed by atoms with E-state index in [9.17, 15) is 0 Å². The predicted octanol–water partition coefficient (Wildman–Crippen LogP) is 3.58. The summed E-state index contributed by atoms with van der Waals surface area (Å²) in [5, 5.41) is 12.2. The van der Waals surface area contributed by atoms with Crippen molar-refractivity contribution >= 4 is 17.3 Å². The lowest BCUT2D eigenvalue weighted by Crippen LogP contribution is -2.29. The van der Waals surface area contributed by atoms with Crippen LogP contribution in [0, 0.1) is 13.8 Å². The van der Waals surface area contributed by atoms with Crippen LogP contribution in [0.5, 0.6) is 0 Å². The van der Waals surface area contributed by atoms with Gasteiger partial charge in [-0.05, 0) is 49.8 Å². The van der Waals surface area contributed by atoms with Gasteiger partial charge in [0, 0.05) is 29.7 Å². The summed E-state index contributed by atoms with van der Waals surface area (Å²) >= 11 is 5.81. The topological polar surface area (TPSA) is 63.8 Å². The highest BCUT2D eigenvalue weighted by Gasteiger charge is 2.41. The van der Waals surface area contributed by atoms with Crippen molar-refractivity contribution in [2.24, 2.45) is 0 Å². The van der Waals surface area contributed by atoms with Gasteiger partial charge in [0.1, 0.15) is 12.7 Å². The van der Waals surface area contributed by atoms with Gasteiger partial charge in [-0.15, -0.1) is 10.2 Å². The van der Waals surface area contributed by atoms with Crippen molar-refractivity contribution in [2.45, 2.75) is 32.5 Å². The van der Waals surface area contributed by atoms with Crippen molar-refractivity contribution in [1.82, 2.24) is 34.8 Å². The lowest BCUT2D eigenvalue weighted by Gasteiger charge is -2.28. The molecule has 0 saturated carbocycles. The molecule has 1 saturated heterocycles. The van der Waals surface area contributed by atoms with E-state index in [0.717, 1.165) is 28.7 Å². The maximum Gasteiger partial charge on any atom is 0.170 e. The second kappa shape index (κ2) is 7.96. The van der Waals surface area contributed by atoms with E-state index in [-0.39, 0.29) is 12.1 Å². The summed E-state index contributed by atoms with van der Waals surface area (Å²) in [6.07, 6.45) is 5.25. The first kappa shape index (κ1) is 19.4. The van der Waals surface area contributed by atoms with Crippen LogP contribution < -0.4 is 5.32 Å². The number of aromatic nitrogens is 5. The fourth-order valence-corrected chi connectivity index (χ4v) is 4.73. The normalized spacial score (nSPS) is 18.4. The average Bonchev–Trinajstić information content (AvgIpc) is 3.49. The van der Waals surface area contributed by atoms with Gasteiger partial charge in [0.05, 0.1) is 17.8 Å². The molecule has 1 aromatic carbocycles. The molecule has 8 heteroatoms. The smallest absolute Gasteiger partial charge is 0.170 e. The molecule has 0 radical (unpaired) electrons. The zero-order valence-corrected chi connectivity index (χ0v) is 18.2. The summed E-state index contributed by atoms with van der Waals surface area (Å²) in [5.74, 6) is 0. The Morgan fingerprint density at radius 1 is 1.00 bits per heavy atom. The monoisotopic (exact) mass is 429 g/mol. The fraction of sp³-hybridized carbons (Fsp3) is 0.217. The minimum Gasteiger partial charge on any atom is -0.352 e. The Balaban J connectivity index is 1.62. The van der Waals surface area contributed by atoms with Crippen LogP contribution in [0.3, 0.4) is 0 Å². The van der Waals surface area contributed by atoms with E-state index in [4.69, 9.17) is 12.2 Å². The van der Waals surface area contributed by atoms with Crippen molar-refractivity contribution in [3.05, 3.63) is 102 Å². The molecule has 4 heterocycles. The highest BCUT2D eigenvalue weighted by molar-refractivity contribution is 7.80. The van der Waals surface area contributed by atoms with Crippen molar-refractivity contribution < 1.29 is 0 Å². The van der Waals surface area contributed by atoms with E-state index in [1.54, 1.807) is 12.7 Å². The summed E-state index contributed by atoms with van der Waals surface area (Å²) in [5.41, 5.74) is 5.60. The first-order valence-corrected chi connectivity index (χ1v) is 10.6. The van der Waals surface area contributed by atoms with Crippen LogP contribution in [-0.2, 0) is 6.54 Å². The van der Waals surface area contributed by atoms with Gasteiger partial charge in [-0.2, -0.15) is 0 Å². The van der Waals surface area contributed by atoms with Crippen molar-refractivity contribution in [3.8, 4) is 0 Å². The van der Waals surface area contributed by atoms with Crippen LogP contribution in [0.15, 0.2) is 73.4 Å². The summed E-state index contributed by atoms with van der Waals surface area (Å²) in [7, 11) is 0. The van der Waals surface area contributed by atoms with Gasteiger partial charge in [-0.25, -0.2) is 4.68 Å². The summed E-state index contributed by atoms with van der Waals surface area (Å²) in [6, 6.07) is 18.6. The SMILES string of the molecule is Cc1cc(C2C(c3ccccn3)NC(=S)N2Cc2ccccc2)c(C)n1-n1cnnc1. The average molecular weight is 430 g/mol. The van der Waals surface area contributed by atoms with E-state index < -0.39 is 0 Å². The molecule has 1 aliphatic heterocycles. The van der Waals surface area contributed by atoms with E-state index in [0.29, 0.717) is 0 Å². The quantitative estimate of drug-likeness (QED) is 0.490. The second-order valence-corrected chi connectivity index (χ2v) is 8.11. The van der Waals surface area contributed by atoms with Crippen LogP contribution in [0.4, 0.5) is 0 Å². The fourth-order valence-electron chi connectivity index (χ4n) is 4.43. The Labute approximate surface area is 186 Å². The van der Waals surface area contributed by atoms with E-state index in [1.807, 2.05) is 29.1 Å². The molecule has 1 aliphatic rings. The molecule has 2 atom stereocenters. The maximum atomic E-state index is 5.81. The Bertz CT molecular complexity index is 1190. The number of benzene rings is 1. The van der Waals surface area contributed by atoms with Gasteiger partial charge in [0.25, 0.3) is 0 Å². The number of hydrogen-bond donors (Lipinski definition) is 1. The molecule has 1 fully saturated rings. The predicted molar refractivity (Wildman–Crippen MR) is 122 cm³/mol. The summed E-state index contributed by atoms with van der Waals surface area (Å²) in [6.45, 7) is 4.94. The molecule has 0 aliphatic carbocycles. The third kappa shape index (κ3) is 3.48. The summed E-state index contributed by atoms with van der Waals surface area (Å²) < 4.78 is 4.01. The Hall–Kier alpha value is -3.52. The van der Waals surface area contributed by atoms with Crippen LogP contribution in [0.25, 0.3) is 0 Å². The highest BCUT2D eigenvalue weighted by Crippen LogP contribution is 2.41. The number of rotatable bonds is 5. The first-order valence-electron chi connectivity index (χ1n) is 10.2. The molecule has 156 valence electrons. The minimum atomic E-state index is -0.0488. The first-order chi connectivity index (χ1) is 15.1. The van der Waals surface area contributed by atoms with Gasteiger partial charge in [-0.3, -0.25) is 9.66 Å². The second-order valence-electron chi connectivity index (χ2n) is 7.72. The zero-order chi connectivity index (χ0) is 21.4.